The van der Waals surface area contributed by atoms with Crippen LogP contribution in [-0.2, 0) is 19.1 Å². The first-order chi connectivity index (χ1) is 17.2. The molecule has 0 atom stereocenters. The molecule has 3 rings (SSSR count). The highest BCUT2D eigenvalue weighted by Gasteiger charge is 2.36. The largest absolute Gasteiger partial charge is 0.490 e. The molecule has 2 aromatic carbocycles. The Morgan fingerprint density at radius 1 is 1.08 bits per heavy atom. The lowest BCUT2D eigenvalue weighted by atomic mass is 10.1. The van der Waals surface area contributed by atoms with Crippen LogP contribution in [0.4, 0.5) is 10.5 Å². The number of amides is 3. The SMILES string of the molecule is CCOC(=O)CN1C(=O)S/C(=C/c2cc(Cl)c(OCC(=O)Nc3ccc(C)cc3)c(OCC)c2)C1=O. The van der Waals surface area contributed by atoms with Gasteiger partial charge >= 0.3 is 5.97 Å². The van der Waals surface area contributed by atoms with Crippen LogP contribution in [0.25, 0.3) is 6.08 Å². The average molecular weight is 533 g/mol. The van der Waals surface area contributed by atoms with Crippen LogP contribution in [0.2, 0.25) is 5.02 Å². The lowest BCUT2D eigenvalue weighted by molar-refractivity contribution is -0.146. The number of halogens is 1. The topological polar surface area (TPSA) is 111 Å². The minimum absolute atomic E-state index is 0.119. The number of nitrogens with zero attached hydrogens (tertiary/aromatic N) is 1. The van der Waals surface area contributed by atoms with E-state index in [1.54, 1.807) is 32.0 Å². The van der Waals surface area contributed by atoms with E-state index >= 15 is 0 Å². The zero-order valence-corrected chi connectivity index (χ0v) is 21.5. The predicted molar refractivity (Wildman–Crippen MR) is 137 cm³/mol. The van der Waals surface area contributed by atoms with Crippen molar-refractivity contribution in [2.45, 2.75) is 20.8 Å². The van der Waals surface area contributed by atoms with Crippen LogP contribution < -0.4 is 14.8 Å². The number of hydrogen-bond donors (Lipinski definition) is 1. The molecule has 1 aliphatic rings. The van der Waals surface area contributed by atoms with Gasteiger partial charge in [0.25, 0.3) is 17.1 Å². The number of esters is 1. The third-order valence-corrected chi connectivity index (χ3v) is 5.97. The average Bonchev–Trinajstić information content (AvgIpc) is 3.07. The first-order valence-electron chi connectivity index (χ1n) is 11.1. The van der Waals surface area contributed by atoms with Gasteiger partial charge < -0.3 is 19.5 Å². The summed E-state index contributed by atoms with van der Waals surface area (Å²) in [5.41, 5.74) is 2.18. The molecule has 0 saturated carbocycles. The van der Waals surface area contributed by atoms with Crippen molar-refractivity contribution in [2.24, 2.45) is 0 Å². The number of nitrogens with one attached hydrogen (secondary N) is 1. The number of anilines is 1. The van der Waals surface area contributed by atoms with E-state index in [0.29, 0.717) is 29.6 Å². The van der Waals surface area contributed by atoms with Gasteiger partial charge in [-0.3, -0.25) is 24.1 Å². The van der Waals surface area contributed by atoms with E-state index in [4.69, 9.17) is 25.8 Å². The van der Waals surface area contributed by atoms with E-state index in [-0.39, 0.29) is 40.5 Å². The molecule has 1 saturated heterocycles. The van der Waals surface area contributed by atoms with E-state index in [9.17, 15) is 19.2 Å². The number of imide groups is 1. The molecule has 2 aromatic rings. The van der Waals surface area contributed by atoms with Crippen LogP contribution in [0.3, 0.4) is 0 Å². The monoisotopic (exact) mass is 532 g/mol. The number of ether oxygens (including phenoxy) is 3. The van der Waals surface area contributed by atoms with Gasteiger partial charge in [-0.1, -0.05) is 29.3 Å². The zero-order valence-electron chi connectivity index (χ0n) is 20.0. The van der Waals surface area contributed by atoms with E-state index in [0.717, 1.165) is 10.5 Å². The van der Waals surface area contributed by atoms with E-state index in [1.165, 1.54) is 12.1 Å². The Kier molecular flexibility index (Phi) is 9.38. The second kappa shape index (κ2) is 12.5. The molecule has 0 aromatic heterocycles. The lowest BCUT2D eigenvalue weighted by Crippen LogP contribution is -2.34. The molecule has 36 heavy (non-hydrogen) atoms. The molecule has 0 bridgehead atoms. The molecule has 0 spiro atoms. The summed E-state index contributed by atoms with van der Waals surface area (Å²) < 4.78 is 16.1. The molecule has 9 nitrogen and oxygen atoms in total. The van der Waals surface area contributed by atoms with E-state index in [2.05, 4.69) is 5.32 Å². The molecular formula is C25H25ClN2O7S. The van der Waals surface area contributed by atoms with Crippen LogP contribution in [0, 0.1) is 6.92 Å². The van der Waals surface area contributed by atoms with Gasteiger partial charge in [0.05, 0.1) is 23.1 Å². The first-order valence-corrected chi connectivity index (χ1v) is 12.3. The van der Waals surface area contributed by atoms with Gasteiger partial charge in [-0.2, -0.15) is 0 Å². The highest BCUT2D eigenvalue weighted by molar-refractivity contribution is 8.18. The van der Waals surface area contributed by atoms with Crippen LogP contribution in [-0.4, -0.2) is 54.3 Å². The standard InChI is InChI=1S/C25H25ClN2O7S/c1-4-33-19-11-16(12-20-24(31)28(25(32)36-20)13-22(30)34-5-2)10-18(26)23(19)35-14-21(29)27-17-8-6-15(3)7-9-17/h6-12H,4-5,13-14H2,1-3H3,(H,27,29)/b20-12+. The molecule has 0 radical (unpaired) electrons. The Morgan fingerprint density at radius 2 is 1.81 bits per heavy atom. The highest BCUT2D eigenvalue weighted by Crippen LogP contribution is 2.39. The fraction of sp³-hybridized carbons (Fsp3) is 0.280. The number of carbonyl (C=O) groups excluding carboxylic acids is 4. The number of hydrogen-bond acceptors (Lipinski definition) is 8. The van der Waals surface area contributed by atoms with E-state index in [1.807, 2.05) is 19.1 Å². The van der Waals surface area contributed by atoms with Crippen molar-refractivity contribution < 1.29 is 33.4 Å². The Hall–Kier alpha value is -3.50. The number of thioether (sulfide) groups is 1. The normalized spacial score (nSPS) is 14.2. The van der Waals surface area contributed by atoms with Gasteiger partial charge in [-0.05, 0) is 68.4 Å². The second-order valence-electron chi connectivity index (χ2n) is 7.54. The smallest absolute Gasteiger partial charge is 0.326 e. The summed E-state index contributed by atoms with van der Waals surface area (Å²) in [6, 6.07) is 10.4. The molecule has 0 aliphatic carbocycles. The van der Waals surface area contributed by atoms with Crippen molar-refractivity contribution in [2.75, 3.05) is 31.7 Å². The van der Waals surface area contributed by atoms with Gasteiger partial charge in [-0.25, -0.2) is 0 Å². The molecule has 1 N–H and O–H groups in total. The number of carbonyl (C=O) groups is 4. The van der Waals surface area contributed by atoms with E-state index < -0.39 is 23.7 Å². The maximum Gasteiger partial charge on any atom is 0.326 e. The first kappa shape index (κ1) is 27.1. The molecular weight excluding hydrogens is 508 g/mol. The Bertz CT molecular complexity index is 1200. The summed E-state index contributed by atoms with van der Waals surface area (Å²) in [6.45, 7) is 5.03. The van der Waals surface area contributed by atoms with Crippen LogP contribution >= 0.6 is 23.4 Å². The Morgan fingerprint density at radius 3 is 2.47 bits per heavy atom. The van der Waals surface area contributed by atoms with Gasteiger partial charge in [0.15, 0.2) is 18.1 Å². The minimum Gasteiger partial charge on any atom is -0.490 e. The van der Waals surface area contributed by atoms with Crippen LogP contribution in [0.1, 0.15) is 25.0 Å². The van der Waals surface area contributed by atoms with Crippen molar-refractivity contribution in [1.82, 2.24) is 4.90 Å². The third kappa shape index (κ3) is 7.02. The van der Waals surface area contributed by atoms with Crippen LogP contribution in [0.15, 0.2) is 41.3 Å². The summed E-state index contributed by atoms with van der Waals surface area (Å²) >= 11 is 7.12. The van der Waals surface area contributed by atoms with Gasteiger partial charge in [0, 0.05) is 5.69 Å². The Labute approximate surface area is 217 Å². The van der Waals surface area contributed by atoms with Crippen molar-refractivity contribution in [3.63, 3.8) is 0 Å². The fourth-order valence-electron chi connectivity index (χ4n) is 3.17. The maximum absolute atomic E-state index is 12.6. The summed E-state index contributed by atoms with van der Waals surface area (Å²) in [4.78, 5) is 49.8. The number of benzene rings is 2. The van der Waals surface area contributed by atoms with Gasteiger partial charge in [0.2, 0.25) is 0 Å². The molecule has 3 amide bonds. The molecule has 11 heteroatoms. The fourth-order valence-corrected chi connectivity index (χ4v) is 4.28. The molecule has 0 unspecified atom stereocenters. The molecule has 1 fully saturated rings. The zero-order chi connectivity index (χ0) is 26.2. The third-order valence-electron chi connectivity index (χ3n) is 4.78. The van der Waals surface area contributed by atoms with Gasteiger partial charge in [0.1, 0.15) is 6.54 Å². The van der Waals surface area contributed by atoms with Crippen molar-refractivity contribution in [3.8, 4) is 11.5 Å². The summed E-state index contributed by atoms with van der Waals surface area (Å²) in [6.07, 6.45) is 1.47. The minimum atomic E-state index is -0.671. The molecule has 1 heterocycles. The Balaban J connectivity index is 1.74. The quantitative estimate of drug-likeness (QED) is 0.347. The predicted octanol–water partition coefficient (Wildman–Crippen LogP) is 4.66. The lowest BCUT2D eigenvalue weighted by Gasteiger charge is -2.15. The van der Waals surface area contributed by atoms with Crippen LogP contribution in [0.5, 0.6) is 11.5 Å². The number of aryl methyl sites for hydroxylation is 1. The van der Waals surface area contributed by atoms with Crippen molar-refractivity contribution in [1.29, 1.82) is 0 Å². The van der Waals surface area contributed by atoms with Gasteiger partial charge in [-0.15, -0.1) is 0 Å². The van der Waals surface area contributed by atoms with Crippen molar-refractivity contribution >= 4 is 58.1 Å². The summed E-state index contributed by atoms with van der Waals surface area (Å²) in [5.74, 6) is -1.22. The second-order valence-corrected chi connectivity index (χ2v) is 8.94. The maximum atomic E-state index is 12.6. The highest BCUT2D eigenvalue weighted by atomic mass is 35.5. The summed E-state index contributed by atoms with van der Waals surface area (Å²) in [7, 11) is 0. The summed E-state index contributed by atoms with van der Waals surface area (Å²) in [5, 5.41) is 2.32. The van der Waals surface area contributed by atoms with Crippen molar-refractivity contribution in [3.05, 3.63) is 57.5 Å². The molecule has 190 valence electrons. The number of rotatable bonds is 10. The molecule has 1 aliphatic heterocycles.